The van der Waals surface area contributed by atoms with Crippen molar-refractivity contribution in [3.63, 3.8) is 0 Å². The third-order valence-corrected chi connectivity index (χ3v) is 8.35. The molecule has 4 rings (SSSR count). The SMILES string of the molecule is CC(=O)c1sc(NC(=O)[C@@H]2CCCN2S(=O)(=O)c2ccc(C)cc2)nc1-c1ccccc1. The number of carbonyl (C=O) groups excluding carboxylic acids is 2. The van der Waals surface area contributed by atoms with E-state index in [1.165, 1.54) is 11.2 Å². The van der Waals surface area contributed by atoms with Crippen molar-refractivity contribution in [1.82, 2.24) is 9.29 Å². The summed E-state index contributed by atoms with van der Waals surface area (Å²) < 4.78 is 27.5. The zero-order valence-corrected chi connectivity index (χ0v) is 19.4. The van der Waals surface area contributed by atoms with Crippen molar-refractivity contribution in [3.8, 4) is 11.3 Å². The van der Waals surface area contributed by atoms with Gasteiger partial charge in [0.25, 0.3) is 0 Å². The van der Waals surface area contributed by atoms with Crippen molar-refractivity contribution in [2.45, 2.75) is 37.6 Å². The molecule has 166 valence electrons. The van der Waals surface area contributed by atoms with E-state index in [0.717, 1.165) is 22.5 Å². The molecule has 2 heterocycles. The molecule has 7 nitrogen and oxygen atoms in total. The number of ketones is 1. The minimum absolute atomic E-state index is 0.147. The molecule has 0 saturated carbocycles. The smallest absolute Gasteiger partial charge is 0.244 e. The van der Waals surface area contributed by atoms with Crippen LogP contribution >= 0.6 is 11.3 Å². The highest BCUT2D eigenvalue weighted by Crippen LogP contribution is 2.33. The molecule has 0 aliphatic carbocycles. The van der Waals surface area contributed by atoms with Crippen molar-refractivity contribution in [2.75, 3.05) is 11.9 Å². The van der Waals surface area contributed by atoms with Crippen LogP contribution in [0.25, 0.3) is 11.3 Å². The lowest BCUT2D eigenvalue weighted by Gasteiger charge is -2.23. The van der Waals surface area contributed by atoms with E-state index in [4.69, 9.17) is 0 Å². The number of nitrogens with one attached hydrogen (secondary N) is 1. The van der Waals surface area contributed by atoms with Gasteiger partial charge in [0, 0.05) is 19.0 Å². The molecule has 1 fully saturated rings. The second kappa shape index (κ2) is 8.93. The Morgan fingerprint density at radius 1 is 1.09 bits per heavy atom. The zero-order valence-electron chi connectivity index (χ0n) is 17.7. The number of rotatable bonds is 6. The first kappa shape index (κ1) is 22.3. The van der Waals surface area contributed by atoms with E-state index < -0.39 is 22.0 Å². The third-order valence-electron chi connectivity index (χ3n) is 5.36. The normalized spacial score (nSPS) is 16.8. The maximum Gasteiger partial charge on any atom is 0.244 e. The van der Waals surface area contributed by atoms with Crippen LogP contribution in [0, 0.1) is 6.92 Å². The van der Waals surface area contributed by atoms with Gasteiger partial charge in [-0.1, -0.05) is 59.4 Å². The Labute approximate surface area is 191 Å². The third kappa shape index (κ3) is 4.36. The summed E-state index contributed by atoms with van der Waals surface area (Å²) in [4.78, 5) is 30.3. The molecular weight excluding hydrogens is 446 g/mol. The van der Waals surface area contributed by atoms with Gasteiger partial charge in [0.1, 0.15) is 6.04 Å². The molecule has 0 spiro atoms. The minimum Gasteiger partial charge on any atom is -0.301 e. The number of hydrogen-bond acceptors (Lipinski definition) is 6. The maximum absolute atomic E-state index is 13.1. The number of sulfonamides is 1. The van der Waals surface area contributed by atoms with Crippen molar-refractivity contribution in [3.05, 3.63) is 65.0 Å². The topological polar surface area (TPSA) is 96.4 Å². The fraction of sp³-hybridized carbons (Fsp3) is 0.261. The monoisotopic (exact) mass is 469 g/mol. The van der Waals surface area contributed by atoms with Gasteiger partial charge in [-0.15, -0.1) is 0 Å². The number of benzene rings is 2. The molecule has 1 aliphatic heterocycles. The standard InChI is InChI=1S/C23H23N3O4S2/c1-15-10-12-18(13-11-15)32(29,30)26-14-6-9-19(26)22(28)25-23-24-20(21(31-23)16(2)27)17-7-4-3-5-8-17/h3-5,7-8,10-13,19H,6,9,14H2,1-2H3,(H,24,25,28)/t19-/m0/s1. The van der Waals surface area contributed by atoms with E-state index in [-0.39, 0.29) is 22.4 Å². The van der Waals surface area contributed by atoms with Gasteiger partial charge in [-0.25, -0.2) is 13.4 Å². The van der Waals surface area contributed by atoms with E-state index in [1.807, 2.05) is 37.3 Å². The molecule has 1 amide bonds. The first-order valence-electron chi connectivity index (χ1n) is 10.2. The van der Waals surface area contributed by atoms with E-state index in [1.54, 1.807) is 24.3 Å². The highest BCUT2D eigenvalue weighted by atomic mass is 32.2. The highest BCUT2D eigenvalue weighted by Gasteiger charge is 2.39. The number of amides is 1. The summed E-state index contributed by atoms with van der Waals surface area (Å²) in [6.45, 7) is 3.62. The van der Waals surface area contributed by atoms with Gasteiger partial charge in [0.2, 0.25) is 15.9 Å². The van der Waals surface area contributed by atoms with Crippen LogP contribution in [0.1, 0.15) is 35.0 Å². The van der Waals surface area contributed by atoms with Crippen LogP contribution < -0.4 is 5.32 Å². The van der Waals surface area contributed by atoms with Crippen molar-refractivity contribution in [2.24, 2.45) is 0 Å². The Morgan fingerprint density at radius 2 is 1.78 bits per heavy atom. The molecule has 3 aromatic rings. The van der Waals surface area contributed by atoms with Crippen molar-refractivity contribution in [1.29, 1.82) is 0 Å². The molecule has 0 radical (unpaired) electrons. The number of aromatic nitrogens is 1. The number of carbonyl (C=O) groups is 2. The fourth-order valence-electron chi connectivity index (χ4n) is 3.73. The first-order chi connectivity index (χ1) is 15.3. The molecular formula is C23H23N3O4S2. The number of anilines is 1. The number of thiazole rings is 1. The average Bonchev–Trinajstić information content (AvgIpc) is 3.43. The summed E-state index contributed by atoms with van der Waals surface area (Å²) >= 11 is 1.10. The predicted molar refractivity (Wildman–Crippen MR) is 124 cm³/mol. The van der Waals surface area contributed by atoms with Gasteiger partial charge in [0.05, 0.1) is 15.5 Å². The molecule has 0 unspecified atom stereocenters. The Kier molecular flexibility index (Phi) is 6.23. The number of Topliss-reactive ketones (excluding diaryl/α,β-unsaturated/α-hetero) is 1. The van der Waals surface area contributed by atoms with Crippen LogP contribution in [0.15, 0.2) is 59.5 Å². The highest BCUT2D eigenvalue weighted by molar-refractivity contribution is 7.89. The number of nitrogens with zero attached hydrogens (tertiary/aromatic N) is 2. The Hall–Kier alpha value is -2.88. The summed E-state index contributed by atoms with van der Waals surface area (Å²) in [6.07, 6.45) is 1.02. The Balaban J connectivity index is 1.58. The van der Waals surface area contributed by atoms with Gasteiger partial charge < -0.3 is 5.32 Å². The summed E-state index contributed by atoms with van der Waals surface area (Å²) in [5.41, 5.74) is 2.24. The zero-order chi connectivity index (χ0) is 22.9. The molecule has 1 saturated heterocycles. The van der Waals surface area contributed by atoms with E-state index >= 15 is 0 Å². The lowest BCUT2D eigenvalue weighted by atomic mass is 10.1. The summed E-state index contributed by atoms with van der Waals surface area (Å²) in [5, 5.41) is 3.02. The van der Waals surface area contributed by atoms with E-state index in [0.29, 0.717) is 23.4 Å². The van der Waals surface area contributed by atoms with Crippen molar-refractivity contribution < 1.29 is 18.0 Å². The molecule has 9 heteroatoms. The minimum atomic E-state index is -3.80. The van der Waals surface area contributed by atoms with Crippen LogP contribution in [0.3, 0.4) is 0 Å². The quantitative estimate of drug-likeness (QED) is 0.548. The van der Waals surface area contributed by atoms with Gasteiger partial charge in [-0.05, 0) is 31.9 Å². The summed E-state index contributed by atoms with van der Waals surface area (Å²) in [6, 6.07) is 15.0. The second-order valence-electron chi connectivity index (χ2n) is 7.70. The van der Waals surface area contributed by atoms with E-state index in [9.17, 15) is 18.0 Å². The summed E-state index contributed by atoms with van der Waals surface area (Å²) in [5.74, 6) is -0.590. The molecule has 2 aromatic carbocycles. The van der Waals surface area contributed by atoms with Crippen LogP contribution in [-0.4, -0.2) is 42.0 Å². The lowest BCUT2D eigenvalue weighted by molar-refractivity contribution is -0.119. The van der Waals surface area contributed by atoms with Crippen LogP contribution in [0.2, 0.25) is 0 Å². The molecule has 1 N–H and O–H groups in total. The van der Waals surface area contributed by atoms with Crippen molar-refractivity contribution >= 4 is 38.2 Å². The molecule has 1 aliphatic rings. The predicted octanol–water partition coefficient (Wildman–Crippen LogP) is 4.11. The molecule has 0 bridgehead atoms. The molecule has 1 atom stereocenters. The number of aryl methyl sites for hydroxylation is 1. The average molecular weight is 470 g/mol. The van der Waals surface area contributed by atoms with Crippen LogP contribution in [-0.2, 0) is 14.8 Å². The maximum atomic E-state index is 13.1. The lowest BCUT2D eigenvalue weighted by Crippen LogP contribution is -2.43. The van der Waals surface area contributed by atoms with Crippen LogP contribution in [0.5, 0.6) is 0 Å². The Bertz CT molecular complexity index is 1250. The number of hydrogen-bond donors (Lipinski definition) is 1. The van der Waals surface area contributed by atoms with Gasteiger partial charge in [-0.3, -0.25) is 9.59 Å². The molecule has 32 heavy (non-hydrogen) atoms. The van der Waals surface area contributed by atoms with Crippen LogP contribution in [0.4, 0.5) is 5.13 Å². The second-order valence-corrected chi connectivity index (χ2v) is 10.6. The summed E-state index contributed by atoms with van der Waals surface area (Å²) in [7, 11) is -3.80. The van der Waals surface area contributed by atoms with Gasteiger partial charge in [0.15, 0.2) is 10.9 Å². The van der Waals surface area contributed by atoms with Gasteiger partial charge >= 0.3 is 0 Å². The Morgan fingerprint density at radius 3 is 2.44 bits per heavy atom. The van der Waals surface area contributed by atoms with Gasteiger partial charge in [-0.2, -0.15) is 4.31 Å². The molecule has 1 aromatic heterocycles. The largest absolute Gasteiger partial charge is 0.301 e. The first-order valence-corrected chi connectivity index (χ1v) is 12.5. The van der Waals surface area contributed by atoms with E-state index in [2.05, 4.69) is 10.3 Å². The fourth-order valence-corrected chi connectivity index (χ4v) is 6.27.